The van der Waals surface area contributed by atoms with Crippen LogP contribution in [0, 0.1) is 4.77 Å². The molecule has 0 bridgehead atoms. The summed E-state index contributed by atoms with van der Waals surface area (Å²) in [5.74, 6) is 0.383. The van der Waals surface area contributed by atoms with E-state index in [1.165, 1.54) is 0 Å². The Kier molecular flexibility index (Phi) is 5.61. The van der Waals surface area contributed by atoms with Gasteiger partial charge in [-0.25, -0.2) is 13.1 Å². The third-order valence-corrected chi connectivity index (χ3v) is 7.15. The minimum atomic E-state index is -3.45. The monoisotopic (exact) mass is 395 g/mol. The van der Waals surface area contributed by atoms with Gasteiger partial charge in [0, 0.05) is 33.2 Å². The van der Waals surface area contributed by atoms with E-state index in [0.29, 0.717) is 48.4 Å². The van der Waals surface area contributed by atoms with Gasteiger partial charge < -0.3 is 4.57 Å². The molecule has 0 spiro atoms. The number of sulfonamides is 1. The van der Waals surface area contributed by atoms with Gasteiger partial charge in [0.2, 0.25) is 10.0 Å². The van der Waals surface area contributed by atoms with Crippen LogP contribution in [0.15, 0.2) is 35.5 Å². The van der Waals surface area contributed by atoms with E-state index in [-0.39, 0.29) is 0 Å². The lowest BCUT2D eigenvalue weighted by atomic mass is 10.0. The van der Waals surface area contributed by atoms with Gasteiger partial charge in [-0.15, -0.1) is 0 Å². The first-order chi connectivity index (χ1) is 12.3. The quantitative estimate of drug-likeness (QED) is 0.725. The molecule has 1 fully saturated rings. The molecule has 26 heavy (non-hydrogen) atoms. The van der Waals surface area contributed by atoms with Gasteiger partial charge in [0.1, 0.15) is 6.33 Å². The van der Waals surface area contributed by atoms with E-state index < -0.39 is 10.0 Å². The van der Waals surface area contributed by atoms with E-state index >= 15 is 0 Å². The summed E-state index contributed by atoms with van der Waals surface area (Å²) in [5, 5.41) is 4.25. The Hall–Kier alpha value is -1.55. The first-order valence-corrected chi connectivity index (χ1v) is 10.5. The number of hydrogen-bond donors (Lipinski definition) is 0. The van der Waals surface area contributed by atoms with Crippen molar-refractivity contribution >= 4 is 22.2 Å². The van der Waals surface area contributed by atoms with Crippen LogP contribution in [-0.4, -0.2) is 58.1 Å². The minimum Gasteiger partial charge on any atom is -0.310 e. The van der Waals surface area contributed by atoms with Crippen LogP contribution in [0.25, 0.3) is 0 Å². The average Bonchev–Trinajstić information content (AvgIpc) is 2.94. The molecule has 1 aliphatic heterocycles. The van der Waals surface area contributed by atoms with Gasteiger partial charge in [-0.2, -0.15) is 9.40 Å². The number of aromatic nitrogens is 3. The first kappa shape index (κ1) is 19.2. The summed E-state index contributed by atoms with van der Waals surface area (Å²) >= 11 is 5.30. The van der Waals surface area contributed by atoms with Crippen LogP contribution in [0.5, 0.6) is 0 Å². The second-order valence-corrected chi connectivity index (χ2v) is 9.21. The molecule has 9 heteroatoms. The van der Waals surface area contributed by atoms with E-state index in [9.17, 15) is 8.42 Å². The molecule has 1 aromatic carbocycles. The van der Waals surface area contributed by atoms with Gasteiger partial charge >= 0.3 is 0 Å². The van der Waals surface area contributed by atoms with Crippen LogP contribution >= 0.6 is 12.2 Å². The van der Waals surface area contributed by atoms with E-state index in [2.05, 4.69) is 23.8 Å². The highest BCUT2D eigenvalue weighted by atomic mass is 32.2. The normalized spacial score (nSPS) is 17.1. The summed E-state index contributed by atoms with van der Waals surface area (Å²) in [6.45, 7) is 7.01. The summed E-state index contributed by atoms with van der Waals surface area (Å²) in [5.41, 5.74) is 1.14. The number of aryl methyl sites for hydroxylation is 1. The molecule has 0 N–H and O–H groups in total. The topological polar surface area (TPSA) is 63.4 Å². The number of hydrogen-bond acceptors (Lipinski definition) is 5. The number of piperazine rings is 1. The minimum absolute atomic E-state index is 0.363. The maximum Gasteiger partial charge on any atom is 0.243 e. The Bertz CT molecular complexity index is 907. The molecule has 0 aliphatic carbocycles. The van der Waals surface area contributed by atoms with E-state index in [4.69, 9.17) is 12.2 Å². The third-order valence-electron chi connectivity index (χ3n) is 4.74. The van der Waals surface area contributed by atoms with Crippen molar-refractivity contribution in [2.24, 2.45) is 7.05 Å². The second kappa shape index (κ2) is 7.59. The molecule has 0 amide bonds. The highest BCUT2D eigenvalue weighted by Gasteiger charge is 2.28. The van der Waals surface area contributed by atoms with Crippen molar-refractivity contribution in [3.05, 3.63) is 40.9 Å². The van der Waals surface area contributed by atoms with Gasteiger partial charge in [0.25, 0.3) is 0 Å². The van der Waals surface area contributed by atoms with Gasteiger partial charge in [-0.3, -0.25) is 4.90 Å². The molecule has 0 unspecified atom stereocenters. The van der Waals surface area contributed by atoms with Gasteiger partial charge in [0.05, 0.1) is 11.6 Å². The van der Waals surface area contributed by atoms with E-state index in [1.54, 1.807) is 32.0 Å². The molecule has 7 nitrogen and oxygen atoms in total. The van der Waals surface area contributed by atoms with Crippen molar-refractivity contribution < 1.29 is 8.42 Å². The summed E-state index contributed by atoms with van der Waals surface area (Å²) < 4.78 is 31.5. The predicted molar refractivity (Wildman–Crippen MR) is 103 cm³/mol. The summed E-state index contributed by atoms with van der Waals surface area (Å²) in [6.07, 6.45) is 1.68. The Morgan fingerprint density at radius 3 is 2.23 bits per heavy atom. The van der Waals surface area contributed by atoms with Crippen molar-refractivity contribution in [1.29, 1.82) is 0 Å². The molecule has 2 aromatic rings. The van der Waals surface area contributed by atoms with Crippen LogP contribution in [0.2, 0.25) is 0 Å². The third kappa shape index (κ3) is 3.90. The maximum atomic E-state index is 12.9. The van der Waals surface area contributed by atoms with Gasteiger partial charge in [-0.05, 0) is 35.8 Å². The lowest BCUT2D eigenvalue weighted by Crippen LogP contribution is -2.48. The molecule has 1 aliphatic rings. The summed E-state index contributed by atoms with van der Waals surface area (Å²) in [6, 6.07) is 7.22. The number of nitrogens with zero attached hydrogens (tertiary/aromatic N) is 5. The highest BCUT2D eigenvalue weighted by molar-refractivity contribution is 7.89. The van der Waals surface area contributed by atoms with Crippen molar-refractivity contribution in [3.63, 3.8) is 0 Å². The van der Waals surface area contributed by atoms with Gasteiger partial charge in [-0.1, -0.05) is 26.0 Å². The predicted octanol–water partition coefficient (Wildman–Crippen LogP) is 2.04. The molecule has 0 saturated carbocycles. The summed E-state index contributed by atoms with van der Waals surface area (Å²) in [4.78, 5) is 2.53. The van der Waals surface area contributed by atoms with Crippen LogP contribution in [0.1, 0.15) is 25.3 Å². The Balaban J connectivity index is 1.64. The van der Waals surface area contributed by atoms with Crippen LogP contribution in [0.4, 0.5) is 0 Å². The van der Waals surface area contributed by atoms with Gasteiger partial charge in [0.15, 0.2) is 4.77 Å². The SMILES string of the molecule is CC(C)c1ccc(S(=O)(=O)N2CCN(Cn3ncn(C)c3=S)CC2)cc1. The number of rotatable bonds is 5. The van der Waals surface area contributed by atoms with Crippen molar-refractivity contribution in [2.75, 3.05) is 26.2 Å². The Labute approximate surface area is 159 Å². The lowest BCUT2D eigenvalue weighted by molar-refractivity contribution is 0.144. The van der Waals surface area contributed by atoms with Crippen molar-refractivity contribution in [3.8, 4) is 0 Å². The van der Waals surface area contributed by atoms with Crippen LogP contribution in [0.3, 0.4) is 0 Å². The molecular formula is C17H25N5O2S2. The largest absolute Gasteiger partial charge is 0.310 e. The number of benzene rings is 1. The zero-order valence-electron chi connectivity index (χ0n) is 15.4. The standard InChI is InChI=1S/C17H25N5O2S2/c1-14(2)15-4-6-16(7-5-15)26(23,24)21-10-8-20(9-11-21)13-22-17(25)19(3)12-18-22/h4-7,12,14H,8-11,13H2,1-3H3. The highest BCUT2D eigenvalue weighted by Crippen LogP contribution is 2.21. The molecule has 0 atom stereocenters. The lowest BCUT2D eigenvalue weighted by Gasteiger charge is -2.33. The van der Waals surface area contributed by atoms with Crippen molar-refractivity contribution in [1.82, 2.24) is 23.6 Å². The molecule has 1 aromatic heterocycles. The smallest absolute Gasteiger partial charge is 0.243 e. The molecule has 0 radical (unpaired) electrons. The molecule has 2 heterocycles. The average molecular weight is 396 g/mol. The Morgan fingerprint density at radius 1 is 1.12 bits per heavy atom. The van der Waals surface area contributed by atoms with E-state index in [0.717, 1.165) is 5.56 Å². The maximum absolute atomic E-state index is 12.9. The Morgan fingerprint density at radius 2 is 1.73 bits per heavy atom. The fraction of sp³-hybridized carbons (Fsp3) is 0.529. The zero-order valence-corrected chi connectivity index (χ0v) is 17.0. The molecule has 142 valence electrons. The molecular weight excluding hydrogens is 370 g/mol. The fourth-order valence-corrected chi connectivity index (χ4v) is 4.57. The molecule has 3 rings (SSSR count). The zero-order chi connectivity index (χ0) is 18.9. The first-order valence-electron chi connectivity index (χ1n) is 8.70. The summed E-state index contributed by atoms with van der Waals surface area (Å²) in [7, 11) is -1.58. The van der Waals surface area contributed by atoms with E-state index in [1.807, 2.05) is 19.2 Å². The second-order valence-electron chi connectivity index (χ2n) is 6.91. The van der Waals surface area contributed by atoms with Crippen LogP contribution in [-0.2, 0) is 23.7 Å². The molecule has 1 saturated heterocycles. The fourth-order valence-electron chi connectivity index (χ4n) is 2.99. The van der Waals surface area contributed by atoms with Crippen molar-refractivity contribution in [2.45, 2.75) is 31.3 Å². The van der Waals surface area contributed by atoms with Crippen LogP contribution < -0.4 is 0 Å².